The van der Waals surface area contributed by atoms with Crippen molar-refractivity contribution in [1.29, 1.82) is 0 Å². The third kappa shape index (κ3) is 1.79. The van der Waals surface area contributed by atoms with E-state index in [1.54, 1.807) is 10.9 Å². The maximum Gasteiger partial charge on any atom is 0.159 e. The number of hydrogen-bond donors (Lipinski definition) is 0. The van der Waals surface area contributed by atoms with Gasteiger partial charge in [-0.1, -0.05) is 6.07 Å². The Morgan fingerprint density at radius 2 is 2.14 bits per heavy atom. The monoisotopic (exact) mass is 193 g/mol. The van der Waals surface area contributed by atoms with Gasteiger partial charge < -0.3 is 0 Å². The fourth-order valence-corrected chi connectivity index (χ4v) is 1.17. The first-order valence-corrected chi connectivity index (χ1v) is 4.08. The van der Waals surface area contributed by atoms with E-state index in [1.165, 1.54) is 12.3 Å². The van der Waals surface area contributed by atoms with Gasteiger partial charge in [0.2, 0.25) is 0 Å². The average molecular weight is 193 g/mol. The minimum absolute atomic E-state index is 0.417. The topological polar surface area (TPSA) is 17.8 Å². The van der Waals surface area contributed by atoms with Crippen molar-refractivity contribution < 1.29 is 8.78 Å². The Kier molecular flexibility index (Phi) is 2.26. The second-order valence-corrected chi connectivity index (χ2v) is 2.89. The summed E-state index contributed by atoms with van der Waals surface area (Å²) in [5.41, 5.74) is 0.668. The molecule has 1 aromatic carbocycles. The van der Waals surface area contributed by atoms with E-state index in [0.717, 1.165) is 12.1 Å². The lowest BCUT2D eigenvalue weighted by Crippen LogP contribution is -2.00. The second-order valence-electron chi connectivity index (χ2n) is 2.89. The van der Waals surface area contributed by atoms with Gasteiger partial charge in [0.1, 0.15) is 0 Å². The number of aromatic nitrogens is 2. The summed E-state index contributed by atoms with van der Waals surface area (Å²) in [5.74, 6) is -1.67. The zero-order valence-electron chi connectivity index (χ0n) is 7.24. The molecular weight excluding hydrogens is 186 g/mol. The molecule has 71 valence electrons. The van der Waals surface area contributed by atoms with Gasteiger partial charge >= 0.3 is 0 Å². The van der Waals surface area contributed by atoms with Crippen LogP contribution >= 0.6 is 0 Å². The molecule has 2 rings (SSSR count). The molecule has 4 heteroatoms. The Hall–Kier alpha value is -1.71. The third-order valence-corrected chi connectivity index (χ3v) is 1.83. The van der Waals surface area contributed by atoms with Crippen LogP contribution in [0.5, 0.6) is 0 Å². The van der Waals surface area contributed by atoms with Gasteiger partial charge in [0.05, 0.1) is 12.7 Å². The van der Waals surface area contributed by atoms with Crippen molar-refractivity contribution in [3.8, 4) is 0 Å². The molecule has 0 aliphatic heterocycles. The van der Waals surface area contributed by atoms with Crippen LogP contribution in [0.15, 0.2) is 30.6 Å². The molecule has 2 aromatic rings. The summed E-state index contributed by atoms with van der Waals surface area (Å²) in [7, 11) is 0. The highest BCUT2D eigenvalue weighted by molar-refractivity contribution is 5.17. The minimum atomic E-state index is -0.835. The fraction of sp³-hybridized carbons (Fsp3) is 0.100. The summed E-state index contributed by atoms with van der Waals surface area (Å²) in [5, 5.41) is 3.91. The Morgan fingerprint density at radius 3 is 2.79 bits per heavy atom. The van der Waals surface area contributed by atoms with Gasteiger partial charge in [-0.2, -0.15) is 5.10 Å². The SMILES string of the molecule is Fc1ccc(Cn2c[c]cn2)cc1F. The average Bonchev–Trinajstić information content (AvgIpc) is 2.64. The molecule has 1 heterocycles. The first-order valence-electron chi connectivity index (χ1n) is 4.08. The quantitative estimate of drug-likeness (QED) is 0.713. The first-order chi connectivity index (χ1) is 6.75. The van der Waals surface area contributed by atoms with Crippen molar-refractivity contribution in [3.63, 3.8) is 0 Å². The summed E-state index contributed by atoms with van der Waals surface area (Å²) in [6.45, 7) is 0.417. The van der Waals surface area contributed by atoms with E-state index < -0.39 is 11.6 Å². The standard InChI is InChI=1S/C10H7F2N2/c11-9-3-2-8(6-10(9)12)7-14-5-1-4-13-14/h2-6H,7H2. The lowest BCUT2D eigenvalue weighted by molar-refractivity contribution is 0.506. The number of benzene rings is 1. The van der Waals surface area contributed by atoms with Gasteiger partial charge in [-0.3, -0.25) is 4.68 Å². The van der Waals surface area contributed by atoms with Crippen LogP contribution in [-0.2, 0) is 6.54 Å². The molecule has 2 nitrogen and oxygen atoms in total. The molecule has 1 radical (unpaired) electrons. The van der Waals surface area contributed by atoms with E-state index >= 15 is 0 Å². The van der Waals surface area contributed by atoms with Gasteiger partial charge in [0.25, 0.3) is 0 Å². The van der Waals surface area contributed by atoms with Crippen LogP contribution in [0.25, 0.3) is 0 Å². The second kappa shape index (κ2) is 3.57. The Balaban J connectivity index is 2.22. The Morgan fingerprint density at radius 1 is 1.29 bits per heavy atom. The Labute approximate surface area is 79.8 Å². The maximum atomic E-state index is 12.8. The van der Waals surface area contributed by atoms with Crippen LogP contribution in [-0.4, -0.2) is 9.78 Å². The lowest BCUT2D eigenvalue weighted by Gasteiger charge is -2.01. The largest absolute Gasteiger partial charge is 0.268 e. The molecule has 0 aliphatic carbocycles. The molecule has 0 spiro atoms. The predicted molar refractivity (Wildman–Crippen MR) is 46.5 cm³/mol. The van der Waals surface area contributed by atoms with E-state index in [4.69, 9.17) is 0 Å². The van der Waals surface area contributed by atoms with Crippen molar-refractivity contribution in [3.05, 3.63) is 53.9 Å². The zero-order chi connectivity index (χ0) is 9.97. The van der Waals surface area contributed by atoms with E-state index in [1.807, 2.05) is 0 Å². The molecule has 0 bridgehead atoms. The minimum Gasteiger partial charge on any atom is -0.268 e. The summed E-state index contributed by atoms with van der Waals surface area (Å²) < 4.78 is 27.0. The smallest absolute Gasteiger partial charge is 0.159 e. The molecule has 0 amide bonds. The number of nitrogens with zero attached hydrogens (tertiary/aromatic N) is 2. The predicted octanol–water partition coefficient (Wildman–Crippen LogP) is 2.01. The summed E-state index contributed by atoms with van der Waals surface area (Å²) in [6.07, 6.45) is 3.15. The van der Waals surface area contributed by atoms with Crippen LogP contribution in [0, 0.1) is 17.7 Å². The summed E-state index contributed by atoms with van der Waals surface area (Å²) in [6, 6.07) is 6.56. The summed E-state index contributed by atoms with van der Waals surface area (Å²) in [4.78, 5) is 0. The molecule has 1 aromatic heterocycles. The van der Waals surface area contributed by atoms with Crippen molar-refractivity contribution >= 4 is 0 Å². The third-order valence-electron chi connectivity index (χ3n) is 1.83. The molecule has 0 unspecified atom stereocenters. The highest BCUT2D eigenvalue weighted by atomic mass is 19.2. The van der Waals surface area contributed by atoms with Crippen LogP contribution in [0.2, 0.25) is 0 Å². The molecule has 14 heavy (non-hydrogen) atoms. The first kappa shape index (κ1) is 8.87. The van der Waals surface area contributed by atoms with Crippen LogP contribution in [0.4, 0.5) is 8.78 Å². The van der Waals surface area contributed by atoms with Gasteiger partial charge in [-0.15, -0.1) is 0 Å². The van der Waals surface area contributed by atoms with Gasteiger partial charge in [0, 0.05) is 12.3 Å². The zero-order valence-corrected chi connectivity index (χ0v) is 7.24. The molecule has 0 atom stereocenters. The molecule has 0 saturated heterocycles. The number of hydrogen-bond acceptors (Lipinski definition) is 1. The van der Waals surface area contributed by atoms with Crippen LogP contribution < -0.4 is 0 Å². The van der Waals surface area contributed by atoms with E-state index in [0.29, 0.717) is 12.1 Å². The summed E-state index contributed by atoms with van der Waals surface area (Å²) >= 11 is 0. The molecular formula is C10H7F2N2. The lowest BCUT2D eigenvalue weighted by atomic mass is 10.2. The normalized spacial score (nSPS) is 10.4. The van der Waals surface area contributed by atoms with Crippen molar-refractivity contribution in [2.75, 3.05) is 0 Å². The Bertz CT molecular complexity index is 424. The van der Waals surface area contributed by atoms with Gasteiger partial charge in [-0.05, 0) is 17.7 Å². The highest BCUT2D eigenvalue weighted by Gasteiger charge is 2.02. The van der Waals surface area contributed by atoms with Crippen LogP contribution in [0.1, 0.15) is 5.56 Å². The molecule has 0 aliphatic rings. The fourth-order valence-electron chi connectivity index (χ4n) is 1.17. The van der Waals surface area contributed by atoms with Gasteiger partial charge in [0.15, 0.2) is 11.6 Å². The van der Waals surface area contributed by atoms with Crippen molar-refractivity contribution in [2.24, 2.45) is 0 Å². The van der Waals surface area contributed by atoms with Crippen molar-refractivity contribution in [1.82, 2.24) is 9.78 Å². The van der Waals surface area contributed by atoms with E-state index in [2.05, 4.69) is 11.2 Å². The molecule has 0 fully saturated rings. The number of rotatable bonds is 2. The molecule has 0 N–H and O–H groups in total. The van der Waals surface area contributed by atoms with Crippen molar-refractivity contribution in [2.45, 2.75) is 6.54 Å². The van der Waals surface area contributed by atoms with Gasteiger partial charge in [-0.25, -0.2) is 8.78 Å². The van der Waals surface area contributed by atoms with E-state index in [-0.39, 0.29) is 0 Å². The van der Waals surface area contributed by atoms with Crippen LogP contribution in [0.3, 0.4) is 0 Å². The highest BCUT2D eigenvalue weighted by Crippen LogP contribution is 2.09. The number of halogens is 2. The maximum absolute atomic E-state index is 12.8. The molecule has 0 saturated carbocycles. The van der Waals surface area contributed by atoms with E-state index in [9.17, 15) is 8.78 Å².